The van der Waals surface area contributed by atoms with E-state index in [0.717, 1.165) is 4.31 Å². The number of hydrogen-bond donors (Lipinski definition) is 0. The van der Waals surface area contributed by atoms with Crippen LogP contribution < -0.4 is 4.74 Å². The molecule has 25 heavy (non-hydrogen) atoms. The summed E-state index contributed by atoms with van der Waals surface area (Å²) < 4.78 is 36.7. The Bertz CT molecular complexity index is 854. The second-order valence-electron chi connectivity index (χ2n) is 5.12. The first kappa shape index (κ1) is 19.2. The maximum atomic E-state index is 12.7. The van der Waals surface area contributed by atoms with Crippen LogP contribution in [0, 0.1) is 0 Å². The average Bonchev–Trinajstić information content (AvgIpc) is 2.61. The topological polar surface area (TPSA) is 72.9 Å². The quantitative estimate of drug-likeness (QED) is 0.687. The summed E-state index contributed by atoms with van der Waals surface area (Å²) in [4.78, 5) is 11.7. The number of nitrogens with zero attached hydrogens (tertiary/aromatic N) is 1. The number of carbonyl (C=O) groups excluding carboxylic acids is 1. The van der Waals surface area contributed by atoms with E-state index >= 15 is 0 Å². The Labute approximate surface area is 152 Å². The normalized spacial score (nSPS) is 11.4. The average molecular weight is 384 g/mol. The van der Waals surface area contributed by atoms with Crippen molar-refractivity contribution >= 4 is 27.6 Å². The lowest BCUT2D eigenvalue weighted by Gasteiger charge is -2.19. The van der Waals surface area contributed by atoms with Gasteiger partial charge in [-0.3, -0.25) is 0 Å². The minimum Gasteiger partial charge on any atom is -0.492 e. The van der Waals surface area contributed by atoms with Crippen molar-refractivity contribution in [2.45, 2.75) is 4.90 Å². The van der Waals surface area contributed by atoms with E-state index in [2.05, 4.69) is 4.74 Å². The molecule has 6 nitrogen and oxygen atoms in total. The van der Waals surface area contributed by atoms with Crippen molar-refractivity contribution < 1.29 is 22.7 Å². The first-order valence-corrected chi connectivity index (χ1v) is 9.20. The Kier molecular flexibility index (Phi) is 6.41. The van der Waals surface area contributed by atoms with Crippen molar-refractivity contribution in [1.82, 2.24) is 4.31 Å². The van der Waals surface area contributed by atoms with Gasteiger partial charge < -0.3 is 9.47 Å². The van der Waals surface area contributed by atoms with Crippen LogP contribution in [0.1, 0.15) is 10.4 Å². The highest BCUT2D eigenvalue weighted by Gasteiger charge is 2.26. The highest BCUT2D eigenvalue weighted by molar-refractivity contribution is 7.89. The monoisotopic (exact) mass is 383 g/mol. The Morgan fingerprint density at radius 2 is 1.88 bits per heavy atom. The lowest BCUT2D eigenvalue weighted by atomic mass is 10.2. The molecular formula is C17H18ClNO5S. The number of hydrogen-bond acceptors (Lipinski definition) is 5. The van der Waals surface area contributed by atoms with Crippen molar-refractivity contribution in [1.29, 1.82) is 0 Å². The van der Waals surface area contributed by atoms with Crippen LogP contribution in [0.3, 0.4) is 0 Å². The molecule has 0 aromatic heterocycles. The van der Waals surface area contributed by atoms with Gasteiger partial charge in [0.2, 0.25) is 10.0 Å². The van der Waals surface area contributed by atoms with E-state index in [1.807, 2.05) is 0 Å². The van der Waals surface area contributed by atoms with Gasteiger partial charge in [0, 0.05) is 18.6 Å². The van der Waals surface area contributed by atoms with E-state index in [0.29, 0.717) is 10.8 Å². The molecular weight excluding hydrogens is 366 g/mol. The van der Waals surface area contributed by atoms with Crippen LogP contribution in [0.2, 0.25) is 5.02 Å². The van der Waals surface area contributed by atoms with E-state index in [1.54, 1.807) is 36.4 Å². The summed E-state index contributed by atoms with van der Waals surface area (Å²) >= 11 is 5.87. The first-order valence-electron chi connectivity index (χ1n) is 7.38. The number of esters is 1. The molecule has 0 spiro atoms. The van der Waals surface area contributed by atoms with Gasteiger partial charge in [0.1, 0.15) is 12.4 Å². The molecule has 0 atom stereocenters. The fourth-order valence-corrected chi connectivity index (χ4v) is 3.62. The lowest BCUT2D eigenvalue weighted by molar-refractivity contribution is 0.0596. The van der Waals surface area contributed by atoms with Gasteiger partial charge in [0.05, 0.1) is 17.6 Å². The molecule has 0 fully saturated rings. The van der Waals surface area contributed by atoms with Crippen molar-refractivity contribution in [3.8, 4) is 5.75 Å². The summed E-state index contributed by atoms with van der Waals surface area (Å²) in [5, 5.41) is 0.533. The standard InChI is InChI=1S/C17H18ClNO5S/c1-19(10-11-24-14-7-5-6-13(18)12-14)25(21,22)16-9-4-3-8-15(16)17(20)23-2/h3-9,12H,10-11H2,1-2H3. The zero-order chi connectivity index (χ0) is 18.4. The van der Waals surface area contributed by atoms with Crippen molar-refractivity contribution in [2.75, 3.05) is 27.3 Å². The van der Waals surface area contributed by atoms with Crippen LogP contribution in [-0.2, 0) is 14.8 Å². The molecule has 0 N–H and O–H groups in total. The number of sulfonamides is 1. The Morgan fingerprint density at radius 3 is 2.56 bits per heavy atom. The SMILES string of the molecule is COC(=O)c1ccccc1S(=O)(=O)N(C)CCOc1cccc(Cl)c1. The predicted octanol–water partition coefficient (Wildman–Crippen LogP) is 2.83. The molecule has 134 valence electrons. The second kappa shape index (κ2) is 8.33. The molecule has 0 bridgehead atoms. The van der Waals surface area contributed by atoms with Crippen LogP contribution in [0.15, 0.2) is 53.4 Å². The van der Waals surface area contributed by atoms with E-state index in [9.17, 15) is 13.2 Å². The van der Waals surface area contributed by atoms with Crippen molar-refractivity contribution in [2.24, 2.45) is 0 Å². The maximum absolute atomic E-state index is 12.7. The summed E-state index contributed by atoms with van der Waals surface area (Å²) in [6, 6.07) is 12.7. The third-order valence-electron chi connectivity index (χ3n) is 3.45. The van der Waals surface area contributed by atoms with Gasteiger partial charge in [-0.2, -0.15) is 4.31 Å². The number of carbonyl (C=O) groups is 1. The van der Waals surface area contributed by atoms with Gasteiger partial charge in [0.25, 0.3) is 0 Å². The summed E-state index contributed by atoms with van der Waals surface area (Å²) in [6.07, 6.45) is 0. The van der Waals surface area contributed by atoms with Gasteiger partial charge >= 0.3 is 5.97 Å². The summed E-state index contributed by atoms with van der Waals surface area (Å²) in [7, 11) is -1.24. The smallest absolute Gasteiger partial charge is 0.339 e. The molecule has 8 heteroatoms. The number of rotatable bonds is 7. The molecule has 2 aromatic rings. The maximum Gasteiger partial charge on any atom is 0.339 e. The highest BCUT2D eigenvalue weighted by atomic mass is 35.5. The highest BCUT2D eigenvalue weighted by Crippen LogP contribution is 2.21. The Hall–Kier alpha value is -2.09. The minimum absolute atomic E-state index is 0.00684. The zero-order valence-electron chi connectivity index (χ0n) is 13.8. The van der Waals surface area contributed by atoms with Crippen LogP contribution in [0.25, 0.3) is 0 Å². The molecule has 0 unspecified atom stereocenters. The zero-order valence-corrected chi connectivity index (χ0v) is 15.4. The van der Waals surface area contributed by atoms with Gasteiger partial charge in [0.15, 0.2) is 0 Å². The van der Waals surface area contributed by atoms with Gasteiger partial charge in [-0.1, -0.05) is 29.8 Å². The number of likely N-dealkylation sites (N-methyl/N-ethyl adjacent to an activating group) is 1. The molecule has 0 saturated carbocycles. The van der Waals surface area contributed by atoms with E-state index < -0.39 is 16.0 Å². The fourth-order valence-electron chi connectivity index (χ4n) is 2.11. The minimum atomic E-state index is -3.86. The van der Waals surface area contributed by atoms with E-state index in [-0.39, 0.29) is 23.6 Å². The molecule has 2 aromatic carbocycles. The predicted molar refractivity (Wildman–Crippen MR) is 94.5 cm³/mol. The molecule has 0 aliphatic rings. The molecule has 2 rings (SSSR count). The summed E-state index contributed by atoms with van der Waals surface area (Å²) in [5.74, 6) is -0.156. The fraction of sp³-hybridized carbons (Fsp3) is 0.235. The van der Waals surface area contributed by atoms with Crippen molar-refractivity contribution in [3.05, 3.63) is 59.1 Å². The van der Waals surface area contributed by atoms with Crippen LogP contribution in [-0.4, -0.2) is 46.0 Å². The van der Waals surface area contributed by atoms with Gasteiger partial charge in [-0.25, -0.2) is 13.2 Å². The van der Waals surface area contributed by atoms with Crippen LogP contribution in [0.5, 0.6) is 5.75 Å². The largest absolute Gasteiger partial charge is 0.492 e. The van der Waals surface area contributed by atoms with E-state index in [1.165, 1.54) is 26.3 Å². The summed E-state index contributed by atoms with van der Waals surface area (Å²) in [5.41, 5.74) is -0.00684. The third kappa shape index (κ3) is 4.72. The summed E-state index contributed by atoms with van der Waals surface area (Å²) in [6.45, 7) is 0.237. The van der Waals surface area contributed by atoms with Gasteiger partial charge in [-0.15, -0.1) is 0 Å². The molecule has 0 amide bonds. The van der Waals surface area contributed by atoms with Gasteiger partial charge in [-0.05, 0) is 30.3 Å². The molecule has 0 aliphatic heterocycles. The Balaban J connectivity index is 2.10. The number of halogens is 1. The Morgan fingerprint density at radius 1 is 1.16 bits per heavy atom. The van der Waals surface area contributed by atoms with Crippen LogP contribution in [0.4, 0.5) is 0 Å². The molecule has 0 aliphatic carbocycles. The number of benzene rings is 2. The van der Waals surface area contributed by atoms with Crippen LogP contribution >= 0.6 is 11.6 Å². The first-order chi connectivity index (χ1) is 11.9. The molecule has 0 saturated heterocycles. The molecule has 0 radical (unpaired) electrons. The number of ether oxygens (including phenoxy) is 2. The number of methoxy groups -OCH3 is 1. The van der Waals surface area contributed by atoms with Crippen molar-refractivity contribution in [3.63, 3.8) is 0 Å². The van der Waals surface area contributed by atoms with E-state index in [4.69, 9.17) is 16.3 Å². The molecule has 0 heterocycles. The lowest BCUT2D eigenvalue weighted by Crippen LogP contribution is -2.32. The second-order valence-corrected chi connectivity index (χ2v) is 7.57. The third-order valence-corrected chi connectivity index (χ3v) is 5.60.